The van der Waals surface area contributed by atoms with Gasteiger partial charge in [0.05, 0.1) is 19.7 Å². The summed E-state index contributed by atoms with van der Waals surface area (Å²) < 4.78 is 6.51. The molecule has 128 valence electrons. The molecule has 2 aliphatic rings. The number of hydrogen-bond acceptors (Lipinski definition) is 3. The van der Waals surface area contributed by atoms with Crippen LogP contribution in [0.5, 0.6) is 5.75 Å². The van der Waals surface area contributed by atoms with Crippen molar-refractivity contribution >= 4 is 34.2 Å². The fraction of sp³-hybridized carbons (Fsp3) is 0.588. The molecule has 23 heavy (non-hydrogen) atoms. The number of carbonyl (C=O) groups is 1. The van der Waals surface area contributed by atoms with E-state index in [-0.39, 0.29) is 24.4 Å². The van der Waals surface area contributed by atoms with E-state index in [2.05, 4.69) is 27.3 Å². The first kappa shape index (κ1) is 18.6. The molecule has 1 aliphatic heterocycles. The van der Waals surface area contributed by atoms with E-state index < -0.39 is 0 Å². The molecule has 4 nitrogen and oxygen atoms in total. The topological polar surface area (TPSA) is 41.6 Å². The lowest BCUT2D eigenvalue weighted by Gasteiger charge is -2.26. The molecule has 3 rings (SSSR count). The molecular weight excluding hydrogens is 380 g/mol. The summed E-state index contributed by atoms with van der Waals surface area (Å²) >= 11 is 3.52. The second-order valence-electron chi connectivity index (χ2n) is 6.21. The number of rotatable bonds is 6. The molecule has 1 aromatic carbocycles. The maximum absolute atomic E-state index is 12.5. The maximum atomic E-state index is 12.5. The monoisotopic (exact) mass is 402 g/mol. The summed E-state index contributed by atoms with van der Waals surface area (Å²) in [5.41, 5.74) is 1.10. The van der Waals surface area contributed by atoms with Crippen molar-refractivity contribution in [2.75, 3.05) is 26.7 Å². The lowest BCUT2D eigenvalue weighted by atomic mass is 10.0. The van der Waals surface area contributed by atoms with Crippen LogP contribution in [0.25, 0.3) is 0 Å². The van der Waals surface area contributed by atoms with Gasteiger partial charge in [0.2, 0.25) is 5.91 Å². The number of carbonyl (C=O) groups excluding carboxylic acids is 1. The summed E-state index contributed by atoms with van der Waals surface area (Å²) in [7, 11) is 1.69. The average Bonchev–Trinajstić information content (AvgIpc) is 3.20. The molecule has 6 heteroatoms. The summed E-state index contributed by atoms with van der Waals surface area (Å²) in [4.78, 5) is 14.5. The third-order valence-corrected chi connectivity index (χ3v) is 5.02. The van der Waals surface area contributed by atoms with Crippen LogP contribution in [0.4, 0.5) is 0 Å². The highest BCUT2D eigenvalue weighted by atomic mass is 79.9. The SMILES string of the molecule is COc1ccc(Br)cc1C1CCCN1C(=O)CNCC1CC1.Cl. The Morgan fingerprint density at radius 1 is 1.39 bits per heavy atom. The Balaban J connectivity index is 0.00000192. The van der Waals surface area contributed by atoms with Gasteiger partial charge in [-0.1, -0.05) is 15.9 Å². The zero-order valence-electron chi connectivity index (χ0n) is 13.4. The molecule has 0 aromatic heterocycles. The smallest absolute Gasteiger partial charge is 0.237 e. The zero-order chi connectivity index (χ0) is 15.5. The predicted molar refractivity (Wildman–Crippen MR) is 97.2 cm³/mol. The van der Waals surface area contributed by atoms with Crippen molar-refractivity contribution in [2.24, 2.45) is 5.92 Å². The molecule has 1 heterocycles. The predicted octanol–water partition coefficient (Wildman–Crippen LogP) is 3.54. The first-order valence-electron chi connectivity index (χ1n) is 8.02. The van der Waals surface area contributed by atoms with Crippen molar-refractivity contribution < 1.29 is 9.53 Å². The van der Waals surface area contributed by atoms with Gasteiger partial charge < -0.3 is 15.0 Å². The lowest BCUT2D eigenvalue weighted by molar-refractivity contribution is -0.131. The van der Waals surface area contributed by atoms with Crippen LogP contribution >= 0.6 is 28.3 Å². The molecule has 1 aromatic rings. The second-order valence-corrected chi connectivity index (χ2v) is 7.12. The van der Waals surface area contributed by atoms with Crippen LogP contribution in [0.2, 0.25) is 0 Å². The number of halogens is 2. The molecule has 0 radical (unpaired) electrons. The molecule has 1 saturated carbocycles. The average molecular weight is 404 g/mol. The quantitative estimate of drug-likeness (QED) is 0.790. The molecule has 1 unspecified atom stereocenters. The third-order valence-electron chi connectivity index (χ3n) is 4.53. The highest BCUT2D eigenvalue weighted by Gasteiger charge is 2.32. The summed E-state index contributed by atoms with van der Waals surface area (Å²) in [6.45, 7) is 2.26. The van der Waals surface area contributed by atoms with Gasteiger partial charge in [-0.05, 0) is 56.3 Å². The van der Waals surface area contributed by atoms with Gasteiger partial charge >= 0.3 is 0 Å². The molecule has 1 amide bonds. The molecule has 2 fully saturated rings. The third kappa shape index (κ3) is 4.61. The largest absolute Gasteiger partial charge is 0.496 e. The van der Waals surface area contributed by atoms with E-state index in [1.807, 2.05) is 17.0 Å². The van der Waals surface area contributed by atoms with Gasteiger partial charge in [0.1, 0.15) is 5.75 Å². The van der Waals surface area contributed by atoms with E-state index in [9.17, 15) is 4.79 Å². The van der Waals surface area contributed by atoms with E-state index in [0.717, 1.165) is 47.6 Å². The summed E-state index contributed by atoms with van der Waals surface area (Å²) in [5, 5.41) is 3.30. The van der Waals surface area contributed by atoms with E-state index in [0.29, 0.717) is 6.54 Å². The van der Waals surface area contributed by atoms with Crippen molar-refractivity contribution in [2.45, 2.75) is 31.7 Å². The fourth-order valence-electron chi connectivity index (χ4n) is 3.16. The van der Waals surface area contributed by atoms with Gasteiger partial charge in [0.15, 0.2) is 0 Å². The molecule has 1 atom stereocenters. The van der Waals surface area contributed by atoms with Gasteiger partial charge in [-0.2, -0.15) is 0 Å². The number of amides is 1. The van der Waals surface area contributed by atoms with Crippen LogP contribution in [0.1, 0.15) is 37.3 Å². The van der Waals surface area contributed by atoms with Gasteiger partial charge in [0, 0.05) is 16.6 Å². The number of benzene rings is 1. The molecule has 0 spiro atoms. The molecule has 1 saturated heterocycles. The van der Waals surface area contributed by atoms with Crippen molar-refractivity contribution in [1.29, 1.82) is 0 Å². The highest BCUT2D eigenvalue weighted by Crippen LogP contribution is 2.38. The van der Waals surface area contributed by atoms with Gasteiger partial charge in [0.25, 0.3) is 0 Å². The summed E-state index contributed by atoms with van der Waals surface area (Å²) in [6, 6.07) is 6.14. The van der Waals surface area contributed by atoms with Crippen molar-refractivity contribution in [3.63, 3.8) is 0 Å². The number of hydrogen-bond donors (Lipinski definition) is 1. The van der Waals surface area contributed by atoms with Crippen molar-refractivity contribution in [3.05, 3.63) is 28.2 Å². The Kier molecular flexibility index (Phi) is 6.74. The van der Waals surface area contributed by atoms with Crippen molar-refractivity contribution in [3.8, 4) is 5.75 Å². The van der Waals surface area contributed by atoms with Gasteiger partial charge in [-0.3, -0.25) is 4.79 Å². The van der Waals surface area contributed by atoms with Crippen LogP contribution in [-0.4, -0.2) is 37.6 Å². The van der Waals surface area contributed by atoms with Crippen LogP contribution in [0, 0.1) is 5.92 Å². The number of ether oxygens (including phenoxy) is 1. The minimum Gasteiger partial charge on any atom is -0.496 e. The highest BCUT2D eigenvalue weighted by molar-refractivity contribution is 9.10. The van der Waals surface area contributed by atoms with Crippen LogP contribution in [0.3, 0.4) is 0 Å². The Labute approximate surface area is 152 Å². The normalized spacial score (nSPS) is 20.3. The second kappa shape index (κ2) is 8.36. The minimum atomic E-state index is 0. The number of nitrogens with one attached hydrogen (secondary N) is 1. The Morgan fingerprint density at radius 3 is 2.87 bits per heavy atom. The minimum absolute atomic E-state index is 0. The lowest BCUT2D eigenvalue weighted by Crippen LogP contribution is -2.38. The summed E-state index contributed by atoms with van der Waals surface area (Å²) in [5.74, 6) is 1.86. The molecule has 0 bridgehead atoms. The maximum Gasteiger partial charge on any atom is 0.237 e. The van der Waals surface area contributed by atoms with Gasteiger partial charge in [-0.25, -0.2) is 0 Å². The first-order chi connectivity index (χ1) is 10.7. The van der Waals surface area contributed by atoms with E-state index in [1.165, 1.54) is 12.8 Å². The fourth-order valence-corrected chi connectivity index (χ4v) is 3.54. The number of likely N-dealkylation sites (tertiary alicyclic amines) is 1. The van der Waals surface area contributed by atoms with Crippen LogP contribution in [-0.2, 0) is 4.79 Å². The van der Waals surface area contributed by atoms with E-state index >= 15 is 0 Å². The van der Waals surface area contributed by atoms with Crippen LogP contribution < -0.4 is 10.1 Å². The molecule has 1 aliphatic carbocycles. The Bertz CT molecular complexity index is 551. The van der Waals surface area contributed by atoms with E-state index in [1.54, 1.807) is 7.11 Å². The first-order valence-corrected chi connectivity index (χ1v) is 8.82. The molecule has 1 N–H and O–H groups in total. The van der Waals surface area contributed by atoms with Crippen LogP contribution in [0.15, 0.2) is 22.7 Å². The standard InChI is InChI=1S/C17H23BrN2O2.ClH/c1-22-16-7-6-13(18)9-14(16)15-3-2-8-20(15)17(21)11-19-10-12-4-5-12;/h6-7,9,12,15,19H,2-5,8,10-11H2,1H3;1H. The Morgan fingerprint density at radius 2 is 2.17 bits per heavy atom. The molecular formula is C17H24BrClN2O2. The zero-order valence-corrected chi connectivity index (χ0v) is 15.8. The van der Waals surface area contributed by atoms with Gasteiger partial charge in [-0.15, -0.1) is 12.4 Å². The number of methoxy groups -OCH3 is 1. The summed E-state index contributed by atoms with van der Waals surface area (Å²) in [6.07, 6.45) is 4.67. The Hall–Kier alpha value is -0.780. The number of nitrogens with zero attached hydrogens (tertiary/aromatic N) is 1. The van der Waals surface area contributed by atoms with E-state index in [4.69, 9.17) is 4.74 Å². The van der Waals surface area contributed by atoms with Crippen molar-refractivity contribution in [1.82, 2.24) is 10.2 Å².